The Hall–Kier alpha value is -4.42. The SMILES string of the molecule is CO.CS(=O)c1c(Oc2ccc(F)c(/C(N)=C/C=NC3(C)CCOc4c(CCC=O)cccc43)c2)c(F)c(F)c2[nH]ccc12. The van der Waals surface area contributed by atoms with E-state index in [0.29, 0.717) is 31.6 Å². The zero-order valence-electron chi connectivity index (χ0n) is 24.3. The number of aromatic nitrogens is 1. The summed E-state index contributed by atoms with van der Waals surface area (Å²) in [5, 5.41) is 7.21. The summed E-state index contributed by atoms with van der Waals surface area (Å²) in [7, 11) is -0.738. The molecule has 2 unspecified atom stereocenters. The Kier molecular flexibility index (Phi) is 10.3. The molecule has 44 heavy (non-hydrogen) atoms. The summed E-state index contributed by atoms with van der Waals surface area (Å²) >= 11 is 0. The van der Waals surface area contributed by atoms with Crippen molar-refractivity contribution in [2.24, 2.45) is 10.7 Å². The van der Waals surface area contributed by atoms with Crippen LogP contribution in [0.15, 0.2) is 64.6 Å². The maximum atomic E-state index is 15.0. The van der Waals surface area contributed by atoms with Gasteiger partial charge in [-0.1, -0.05) is 18.2 Å². The first-order valence-corrected chi connectivity index (χ1v) is 15.1. The van der Waals surface area contributed by atoms with E-state index >= 15 is 4.39 Å². The largest absolute Gasteiger partial charge is 0.493 e. The number of ether oxygens (including phenoxy) is 2. The summed E-state index contributed by atoms with van der Waals surface area (Å²) < 4.78 is 68.6. The Bertz CT molecular complexity index is 1770. The molecule has 1 aliphatic rings. The molecule has 232 valence electrons. The summed E-state index contributed by atoms with van der Waals surface area (Å²) in [6.07, 6.45) is 8.06. The first-order chi connectivity index (χ1) is 21.1. The molecule has 0 amide bonds. The molecule has 0 spiro atoms. The zero-order valence-corrected chi connectivity index (χ0v) is 25.1. The van der Waals surface area contributed by atoms with Gasteiger partial charge in [0, 0.05) is 60.8 Å². The van der Waals surface area contributed by atoms with Gasteiger partial charge in [0.15, 0.2) is 11.6 Å². The zero-order chi connectivity index (χ0) is 32.0. The van der Waals surface area contributed by atoms with Crippen molar-refractivity contribution in [3.05, 3.63) is 88.9 Å². The second-order valence-corrected chi connectivity index (χ2v) is 11.3. The topological polar surface area (TPSA) is 127 Å². The Labute approximate surface area is 254 Å². The summed E-state index contributed by atoms with van der Waals surface area (Å²) in [6, 6.07) is 10.8. The minimum absolute atomic E-state index is 0.0179. The highest BCUT2D eigenvalue weighted by Gasteiger charge is 2.33. The van der Waals surface area contributed by atoms with Gasteiger partial charge in [-0.05, 0) is 49.2 Å². The molecule has 1 aromatic heterocycles. The number of carbonyl (C=O) groups is 1. The van der Waals surface area contributed by atoms with Crippen LogP contribution in [0.2, 0.25) is 0 Å². The number of aliphatic hydroxyl groups is 1. The van der Waals surface area contributed by atoms with Gasteiger partial charge in [0.05, 0.1) is 33.4 Å². The molecule has 12 heteroatoms. The molecular formula is C32H32F3N3O5S. The maximum absolute atomic E-state index is 15.0. The van der Waals surface area contributed by atoms with E-state index in [1.165, 1.54) is 42.9 Å². The normalized spacial score (nSPS) is 17.0. The third-order valence-corrected chi connectivity index (χ3v) is 8.20. The number of aryl methyl sites for hydroxylation is 1. The van der Waals surface area contributed by atoms with Crippen molar-refractivity contribution >= 4 is 39.9 Å². The number of benzene rings is 3. The van der Waals surface area contributed by atoms with Gasteiger partial charge in [-0.25, -0.2) is 8.78 Å². The second kappa shape index (κ2) is 13.9. The van der Waals surface area contributed by atoms with Gasteiger partial charge < -0.3 is 30.1 Å². The van der Waals surface area contributed by atoms with E-state index in [2.05, 4.69) is 4.98 Å². The molecular weight excluding hydrogens is 595 g/mol. The van der Waals surface area contributed by atoms with Gasteiger partial charge in [-0.2, -0.15) is 4.39 Å². The minimum Gasteiger partial charge on any atom is -0.493 e. The predicted octanol–water partition coefficient (Wildman–Crippen LogP) is 5.92. The van der Waals surface area contributed by atoms with Crippen molar-refractivity contribution in [2.75, 3.05) is 20.0 Å². The van der Waals surface area contributed by atoms with E-state index in [1.807, 2.05) is 25.1 Å². The molecule has 5 rings (SSSR count). The number of nitrogens with zero attached hydrogens (tertiary/aromatic N) is 1. The quantitative estimate of drug-likeness (QED) is 0.156. The van der Waals surface area contributed by atoms with Gasteiger partial charge in [0.1, 0.15) is 23.6 Å². The van der Waals surface area contributed by atoms with Gasteiger partial charge in [-0.3, -0.25) is 9.20 Å². The number of aliphatic hydroxyl groups excluding tert-OH is 1. The van der Waals surface area contributed by atoms with Crippen LogP contribution in [0.5, 0.6) is 17.2 Å². The Morgan fingerprint density at radius 1 is 1.20 bits per heavy atom. The van der Waals surface area contributed by atoms with Gasteiger partial charge in [0.2, 0.25) is 5.82 Å². The lowest BCUT2D eigenvalue weighted by molar-refractivity contribution is -0.107. The highest BCUT2D eigenvalue weighted by atomic mass is 32.2. The number of aromatic amines is 1. The molecule has 2 atom stereocenters. The number of fused-ring (bicyclic) bond motifs is 2. The van der Waals surface area contributed by atoms with Crippen molar-refractivity contribution in [2.45, 2.75) is 36.6 Å². The summed E-state index contributed by atoms with van der Waals surface area (Å²) in [5.41, 5.74) is 7.21. The van der Waals surface area contributed by atoms with Crippen LogP contribution in [0.25, 0.3) is 16.6 Å². The van der Waals surface area contributed by atoms with Crippen molar-refractivity contribution in [3.8, 4) is 17.2 Å². The molecule has 3 aromatic carbocycles. The molecule has 0 aliphatic carbocycles. The Morgan fingerprint density at radius 3 is 2.70 bits per heavy atom. The molecule has 0 bridgehead atoms. The molecule has 0 radical (unpaired) electrons. The highest BCUT2D eigenvalue weighted by molar-refractivity contribution is 7.84. The number of hydrogen-bond donors (Lipinski definition) is 3. The number of para-hydroxylation sites is 1. The lowest BCUT2D eigenvalue weighted by Crippen LogP contribution is -2.28. The Balaban J connectivity index is 0.00000216. The first-order valence-electron chi connectivity index (χ1n) is 13.6. The third-order valence-electron chi connectivity index (χ3n) is 7.22. The second-order valence-electron chi connectivity index (χ2n) is 10.0. The standard InChI is InChI=1S/C31H28F3N3O4S.CH4O/c1-31(12-16-40-28-18(6-4-15-38)5-3-7-22(28)31)37-14-11-24(35)21-17-19(8-9-23(21)32)41-29-26(34)25(33)27-20(10-13-36-27)30(29)42(2)39;1-2/h3,5,7-11,13-15,17,36H,4,6,12,16,35H2,1-2H3;2H,1H3/b24-11-,37-14?;. The predicted molar refractivity (Wildman–Crippen MR) is 164 cm³/mol. The number of nitrogens with two attached hydrogens (primary N) is 1. The fourth-order valence-corrected chi connectivity index (χ4v) is 5.91. The van der Waals surface area contributed by atoms with Crippen LogP contribution in [0, 0.1) is 17.5 Å². The lowest BCUT2D eigenvalue weighted by atomic mass is 9.85. The number of halogens is 3. The van der Waals surface area contributed by atoms with Crippen LogP contribution in [-0.2, 0) is 27.6 Å². The van der Waals surface area contributed by atoms with Gasteiger partial charge in [-0.15, -0.1) is 0 Å². The number of hydrogen-bond acceptors (Lipinski definition) is 7. The molecule has 1 aliphatic heterocycles. The lowest BCUT2D eigenvalue weighted by Gasteiger charge is -2.33. The van der Waals surface area contributed by atoms with E-state index < -0.39 is 39.5 Å². The van der Waals surface area contributed by atoms with Crippen LogP contribution in [0.3, 0.4) is 0 Å². The summed E-state index contributed by atoms with van der Waals surface area (Å²) in [5.74, 6) is -3.05. The fourth-order valence-electron chi connectivity index (χ4n) is 5.04. The number of nitrogens with one attached hydrogen (secondary N) is 1. The van der Waals surface area contributed by atoms with Crippen molar-refractivity contribution in [1.29, 1.82) is 0 Å². The number of rotatable bonds is 9. The molecule has 4 aromatic rings. The van der Waals surface area contributed by atoms with Crippen LogP contribution in [0.1, 0.15) is 36.5 Å². The van der Waals surface area contributed by atoms with E-state index in [0.717, 1.165) is 30.6 Å². The van der Waals surface area contributed by atoms with Gasteiger partial charge in [0.25, 0.3) is 0 Å². The first kappa shape index (κ1) is 32.5. The van der Waals surface area contributed by atoms with E-state index in [1.54, 1.807) is 0 Å². The smallest absolute Gasteiger partial charge is 0.204 e. The molecule has 0 saturated carbocycles. The number of H-pyrrole nitrogens is 1. The molecule has 0 saturated heterocycles. The van der Waals surface area contributed by atoms with E-state index in [9.17, 15) is 17.8 Å². The highest BCUT2D eigenvalue weighted by Crippen LogP contribution is 2.42. The van der Waals surface area contributed by atoms with Crippen LogP contribution < -0.4 is 15.2 Å². The number of carbonyl (C=O) groups excluding carboxylic acids is 1. The number of allylic oxidation sites excluding steroid dienone is 1. The molecule has 8 nitrogen and oxygen atoms in total. The van der Waals surface area contributed by atoms with E-state index in [-0.39, 0.29) is 32.8 Å². The summed E-state index contributed by atoms with van der Waals surface area (Å²) in [6.45, 7) is 2.39. The maximum Gasteiger partial charge on any atom is 0.204 e. The van der Waals surface area contributed by atoms with Crippen LogP contribution >= 0.6 is 0 Å². The number of aldehydes is 1. The van der Waals surface area contributed by atoms with Crippen LogP contribution in [-0.4, -0.2) is 46.8 Å². The minimum atomic E-state index is -1.74. The third kappa shape index (κ3) is 6.41. The van der Waals surface area contributed by atoms with E-state index in [4.69, 9.17) is 25.3 Å². The molecule has 4 N–H and O–H groups in total. The summed E-state index contributed by atoms with van der Waals surface area (Å²) in [4.78, 5) is 18.2. The average Bonchev–Trinajstić information content (AvgIpc) is 3.50. The van der Waals surface area contributed by atoms with Crippen molar-refractivity contribution in [1.82, 2.24) is 4.98 Å². The fraction of sp³-hybridized carbons (Fsp3) is 0.250. The monoisotopic (exact) mass is 627 g/mol. The van der Waals surface area contributed by atoms with Gasteiger partial charge >= 0.3 is 0 Å². The van der Waals surface area contributed by atoms with Crippen molar-refractivity contribution in [3.63, 3.8) is 0 Å². The average molecular weight is 628 g/mol. The molecule has 2 heterocycles. The van der Waals surface area contributed by atoms with Crippen LogP contribution in [0.4, 0.5) is 13.2 Å². The number of aliphatic imine (C=N–C) groups is 1. The Morgan fingerprint density at radius 2 is 1.98 bits per heavy atom. The van der Waals surface area contributed by atoms with Crippen molar-refractivity contribution < 1.29 is 36.8 Å². The molecule has 0 fully saturated rings.